The molecule has 0 unspecified atom stereocenters. The summed E-state index contributed by atoms with van der Waals surface area (Å²) < 4.78 is 10.1. The fraction of sp³-hybridized carbons (Fsp3) is 0.300. The molecule has 0 aliphatic rings. The zero-order chi connectivity index (χ0) is 18.2. The Morgan fingerprint density at radius 2 is 1.64 bits per heavy atom. The molecule has 5 heteroatoms. The van der Waals surface area contributed by atoms with Crippen LogP contribution in [-0.2, 0) is 27.3 Å². The molecule has 0 aliphatic carbocycles. The summed E-state index contributed by atoms with van der Waals surface area (Å²) in [4.78, 5) is 23.6. The summed E-state index contributed by atoms with van der Waals surface area (Å²) in [7, 11) is 1.60. The molecule has 0 radical (unpaired) electrons. The Morgan fingerprint density at radius 1 is 0.960 bits per heavy atom. The number of nitrogens with one attached hydrogen (secondary N) is 1. The summed E-state index contributed by atoms with van der Waals surface area (Å²) >= 11 is 0. The van der Waals surface area contributed by atoms with E-state index in [0.29, 0.717) is 6.54 Å². The number of ether oxygens (including phenoxy) is 2. The van der Waals surface area contributed by atoms with Gasteiger partial charge in [0.05, 0.1) is 13.5 Å². The summed E-state index contributed by atoms with van der Waals surface area (Å²) in [6.45, 7) is 4.11. The first-order valence-corrected chi connectivity index (χ1v) is 8.09. The molecule has 0 aliphatic heterocycles. The van der Waals surface area contributed by atoms with E-state index < -0.39 is 5.97 Å². The van der Waals surface area contributed by atoms with Crippen LogP contribution in [0, 0.1) is 13.8 Å². The van der Waals surface area contributed by atoms with Crippen LogP contribution in [0.2, 0.25) is 0 Å². The lowest BCUT2D eigenvalue weighted by atomic mass is 10.0. The maximum atomic E-state index is 11.8. The molecule has 2 aromatic rings. The third-order valence-corrected chi connectivity index (χ3v) is 3.93. The Balaban J connectivity index is 1.73. The predicted molar refractivity (Wildman–Crippen MR) is 95.4 cm³/mol. The van der Waals surface area contributed by atoms with Gasteiger partial charge in [0.1, 0.15) is 5.75 Å². The minimum absolute atomic E-state index is 0.160. The number of hydrogen-bond acceptors (Lipinski definition) is 4. The van der Waals surface area contributed by atoms with Crippen molar-refractivity contribution in [1.82, 2.24) is 5.32 Å². The third-order valence-electron chi connectivity index (χ3n) is 3.93. The Labute approximate surface area is 148 Å². The van der Waals surface area contributed by atoms with Gasteiger partial charge in [0, 0.05) is 6.54 Å². The lowest BCUT2D eigenvalue weighted by molar-refractivity contribution is -0.147. The SMILES string of the molecule is COc1ccc(CNC(=O)COC(=O)Cc2ccc(C)c(C)c2)cc1. The highest BCUT2D eigenvalue weighted by atomic mass is 16.5. The Bertz CT molecular complexity index is 738. The summed E-state index contributed by atoms with van der Waals surface area (Å²) in [5.41, 5.74) is 4.12. The quantitative estimate of drug-likeness (QED) is 0.787. The van der Waals surface area contributed by atoms with Gasteiger partial charge in [-0.15, -0.1) is 0 Å². The number of carbonyl (C=O) groups excluding carboxylic acids is 2. The van der Waals surface area contributed by atoms with Crippen LogP contribution in [0.1, 0.15) is 22.3 Å². The Morgan fingerprint density at radius 3 is 2.28 bits per heavy atom. The third kappa shape index (κ3) is 5.95. The first-order valence-electron chi connectivity index (χ1n) is 8.09. The van der Waals surface area contributed by atoms with Gasteiger partial charge < -0.3 is 14.8 Å². The van der Waals surface area contributed by atoms with Crippen LogP contribution < -0.4 is 10.1 Å². The van der Waals surface area contributed by atoms with E-state index in [-0.39, 0.29) is 18.9 Å². The molecule has 132 valence electrons. The van der Waals surface area contributed by atoms with Crippen molar-refractivity contribution in [2.24, 2.45) is 0 Å². The van der Waals surface area contributed by atoms with Crippen LogP contribution in [0.5, 0.6) is 5.75 Å². The molecule has 25 heavy (non-hydrogen) atoms. The van der Waals surface area contributed by atoms with Crippen LogP contribution in [0.25, 0.3) is 0 Å². The van der Waals surface area contributed by atoms with E-state index in [0.717, 1.165) is 22.4 Å². The molecule has 0 saturated heterocycles. The minimum Gasteiger partial charge on any atom is -0.497 e. The normalized spacial score (nSPS) is 10.2. The summed E-state index contributed by atoms with van der Waals surface area (Å²) in [6, 6.07) is 13.2. The van der Waals surface area contributed by atoms with E-state index in [4.69, 9.17) is 9.47 Å². The number of amides is 1. The van der Waals surface area contributed by atoms with E-state index >= 15 is 0 Å². The topological polar surface area (TPSA) is 64.6 Å². The number of benzene rings is 2. The van der Waals surface area contributed by atoms with Gasteiger partial charge in [-0.2, -0.15) is 0 Å². The molecule has 2 rings (SSSR count). The molecule has 0 fully saturated rings. The van der Waals surface area contributed by atoms with Crippen molar-refractivity contribution in [3.63, 3.8) is 0 Å². The second-order valence-electron chi connectivity index (χ2n) is 5.88. The molecule has 0 atom stereocenters. The molecule has 1 amide bonds. The largest absolute Gasteiger partial charge is 0.497 e. The number of aryl methyl sites for hydroxylation is 2. The monoisotopic (exact) mass is 341 g/mol. The number of esters is 1. The van der Waals surface area contributed by atoms with Gasteiger partial charge in [0.2, 0.25) is 0 Å². The van der Waals surface area contributed by atoms with Crippen molar-refractivity contribution in [1.29, 1.82) is 0 Å². The fourth-order valence-electron chi connectivity index (χ4n) is 2.27. The lowest BCUT2D eigenvalue weighted by Gasteiger charge is -2.08. The van der Waals surface area contributed by atoms with Gasteiger partial charge in [-0.3, -0.25) is 9.59 Å². The average molecular weight is 341 g/mol. The molecule has 0 spiro atoms. The van der Waals surface area contributed by atoms with Crippen LogP contribution in [0.3, 0.4) is 0 Å². The van der Waals surface area contributed by atoms with E-state index in [2.05, 4.69) is 5.32 Å². The van der Waals surface area contributed by atoms with Crippen molar-refractivity contribution >= 4 is 11.9 Å². The van der Waals surface area contributed by atoms with Gasteiger partial charge in [-0.05, 0) is 48.2 Å². The first kappa shape index (κ1) is 18.5. The summed E-state index contributed by atoms with van der Waals surface area (Å²) in [6.07, 6.45) is 0.160. The lowest BCUT2D eigenvalue weighted by Crippen LogP contribution is -2.28. The first-order chi connectivity index (χ1) is 12.0. The zero-order valence-corrected chi connectivity index (χ0v) is 14.8. The maximum absolute atomic E-state index is 11.8. The van der Waals surface area contributed by atoms with Crippen molar-refractivity contribution in [3.8, 4) is 5.75 Å². The molecule has 0 aromatic heterocycles. The molecule has 5 nitrogen and oxygen atoms in total. The number of methoxy groups -OCH3 is 1. The van der Waals surface area contributed by atoms with E-state index in [1.54, 1.807) is 7.11 Å². The van der Waals surface area contributed by atoms with E-state index in [1.165, 1.54) is 5.56 Å². The highest BCUT2D eigenvalue weighted by molar-refractivity contribution is 5.81. The smallest absolute Gasteiger partial charge is 0.310 e. The maximum Gasteiger partial charge on any atom is 0.310 e. The van der Waals surface area contributed by atoms with Gasteiger partial charge in [-0.25, -0.2) is 0 Å². The number of rotatable bonds is 7. The molecule has 1 N–H and O–H groups in total. The van der Waals surface area contributed by atoms with Crippen LogP contribution >= 0.6 is 0 Å². The van der Waals surface area contributed by atoms with Gasteiger partial charge in [0.25, 0.3) is 5.91 Å². The standard InChI is InChI=1S/C20H23NO4/c1-14-4-5-17(10-15(14)2)11-20(23)25-13-19(22)21-12-16-6-8-18(24-3)9-7-16/h4-10H,11-13H2,1-3H3,(H,21,22). The van der Waals surface area contributed by atoms with Crippen LogP contribution in [0.4, 0.5) is 0 Å². The van der Waals surface area contributed by atoms with Crippen molar-refractivity contribution in [2.45, 2.75) is 26.8 Å². The van der Waals surface area contributed by atoms with Gasteiger partial charge in [-0.1, -0.05) is 30.3 Å². The molecular weight excluding hydrogens is 318 g/mol. The van der Waals surface area contributed by atoms with Crippen LogP contribution in [0.15, 0.2) is 42.5 Å². The highest BCUT2D eigenvalue weighted by Crippen LogP contribution is 2.11. The molecule has 0 heterocycles. The van der Waals surface area contributed by atoms with E-state index in [9.17, 15) is 9.59 Å². The number of hydrogen-bond donors (Lipinski definition) is 1. The van der Waals surface area contributed by atoms with Crippen molar-refractivity contribution < 1.29 is 19.1 Å². The second-order valence-corrected chi connectivity index (χ2v) is 5.88. The molecule has 0 bridgehead atoms. The van der Waals surface area contributed by atoms with Gasteiger partial charge in [0.15, 0.2) is 6.61 Å². The van der Waals surface area contributed by atoms with E-state index in [1.807, 2.05) is 56.3 Å². The second kappa shape index (κ2) is 8.87. The summed E-state index contributed by atoms with van der Waals surface area (Å²) in [5.74, 6) is 0.0162. The predicted octanol–water partition coefficient (Wildman–Crippen LogP) is 2.71. The Hall–Kier alpha value is -2.82. The minimum atomic E-state index is -0.414. The molecule has 2 aromatic carbocycles. The molecular formula is C20H23NO4. The molecule has 0 saturated carbocycles. The Kier molecular flexibility index (Phi) is 6.57. The summed E-state index contributed by atoms with van der Waals surface area (Å²) in [5, 5.41) is 2.72. The average Bonchev–Trinajstić information content (AvgIpc) is 2.61. The fourth-order valence-corrected chi connectivity index (χ4v) is 2.27. The van der Waals surface area contributed by atoms with Crippen molar-refractivity contribution in [3.05, 3.63) is 64.7 Å². The zero-order valence-electron chi connectivity index (χ0n) is 14.8. The van der Waals surface area contributed by atoms with Gasteiger partial charge >= 0.3 is 5.97 Å². The highest BCUT2D eigenvalue weighted by Gasteiger charge is 2.09. The van der Waals surface area contributed by atoms with Crippen LogP contribution in [-0.4, -0.2) is 25.6 Å². The number of carbonyl (C=O) groups is 2. The van der Waals surface area contributed by atoms with Crippen molar-refractivity contribution in [2.75, 3.05) is 13.7 Å².